The minimum Gasteiger partial charge on any atom is -0.508 e. The summed E-state index contributed by atoms with van der Waals surface area (Å²) in [6, 6.07) is 24.3. The van der Waals surface area contributed by atoms with Gasteiger partial charge in [-0.25, -0.2) is 10.3 Å². The third kappa shape index (κ3) is 2.77. The Labute approximate surface area is 168 Å². The maximum absolute atomic E-state index is 13.4. The summed E-state index contributed by atoms with van der Waals surface area (Å²) in [5, 5.41) is 11.4. The second kappa shape index (κ2) is 6.76. The highest BCUT2D eigenvalue weighted by Gasteiger charge is 2.59. The maximum Gasteiger partial charge on any atom is 0.258 e. The first-order chi connectivity index (χ1) is 14.1. The average molecular weight is 385 g/mol. The van der Waals surface area contributed by atoms with Gasteiger partial charge >= 0.3 is 0 Å². The van der Waals surface area contributed by atoms with E-state index in [9.17, 15) is 14.7 Å². The number of hydrogen-bond acceptors (Lipinski definition) is 5. The molecule has 2 saturated heterocycles. The summed E-state index contributed by atoms with van der Waals surface area (Å²) in [4.78, 5) is 28.1. The number of nitrogens with zero attached hydrogens (tertiary/aromatic N) is 2. The Balaban J connectivity index is 1.60. The number of hydrogen-bond donors (Lipinski definition) is 2. The molecule has 0 saturated carbocycles. The van der Waals surface area contributed by atoms with Crippen molar-refractivity contribution in [2.45, 2.75) is 12.1 Å². The first kappa shape index (κ1) is 17.5. The van der Waals surface area contributed by atoms with Crippen molar-refractivity contribution in [3.8, 4) is 5.75 Å². The Kier molecular flexibility index (Phi) is 4.07. The number of nitrogens with one attached hydrogen (secondary N) is 1. The molecule has 0 aliphatic carbocycles. The fraction of sp³-hybridized carbons (Fsp3) is 0.130. The van der Waals surface area contributed by atoms with E-state index in [-0.39, 0.29) is 23.6 Å². The number of para-hydroxylation sites is 2. The molecule has 2 aliphatic heterocycles. The lowest BCUT2D eigenvalue weighted by molar-refractivity contribution is -0.122. The van der Waals surface area contributed by atoms with Crippen molar-refractivity contribution >= 4 is 23.2 Å². The number of aromatic hydroxyl groups is 1. The van der Waals surface area contributed by atoms with Crippen LogP contribution in [0, 0.1) is 5.92 Å². The molecule has 144 valence electrons. The van der Waals surface area contributed by atoms with E-state index in [1.807, 2.05) is 48.5 Å². The number of hydrazine groups is 1. The molecule has 2 N–H and O–H groups in total. The minimum absolute atomic E-state index is 0.156. The molecular formula is C23H19N3O3. The van der Waals surface area contributed by atoms with Crippen LogP contribution in [0.25, 0.3) is 0 Å². The first-order valence-corrected chi connectivity index (χ1v) is 9.47. The number of fused-ring (bicyclic) bond motifs is 1. The molecule has 3 unspecified atom stereocenters. The van der Waals surface area contributed by atoms with E-state index >= 15 is 0 Å². The number of rotatable bonds is 3. The molecule has 3 atom stereocenters. The van der Waals surface area contributed by atoms with Gasteiger partial charge < -0.3 is 5.11 Å². The second-order valence-corrected chi connectivity index (χ2v) is 7.22. The van der Waals surface area contributed by atoms with E-state index in [4.69, 9.17) is 0 Å². The number of anilines is 2. The summed E-state index contributed by atoms with van der Waals surface area (Å²) in [5.41, 5.74) is 5.60. The van der Waals surface area contributed by atoms with Crippen molar-refractivity contribution in [2.75, 3.05) is 9.91 Å². The molecule has 3 aromatic carbocycles. The number of amides is 2. The predicted octanol–water partition coefficient (Wildman–Crippen LogP) is 3.02. The molecule has 0 aromatic heterocycles. The standard InChI is InChI=1S/C23H19N3O3/c27-18-13-11-15(12-14-18)20-19-21(26(24-20)17-9-5-2-6-10-17)23(29)25(22(19)28)16-7-3-1-4-8-16/h1-14,19-21,24,27H. The van der Waals surface area contributed by atoms with Gasteiger partial charge in [-0.05, 0) is 42.0 Å². The van der Waals surface area contributed by atoms with E-state index in [0.717, 1.165) is 11.3 Å². The third-order valence-electron chi connectivity index (χ3n) is 5.54. The second-order valence-electron chi connectivity index (χ2n) is 7.22. The highest BCUT2D eigenvalue weighted by molar-refractivity contribution is 6.25. The molecule has 2 amide bonds. The topological polar surface area (TPSA) is 72.9 Å². The fourth-order valence-corrected chi connectivity index (χ4v) is 4.20. The Hall–Kier alpha value is -3.64. The molecule has 0 spiro atoms. The molecule has 3 aromatic rings. The van der Waals surface area contributed by atoms with Gasteiger partial charge in [-0.1, -0.05) is 48.5 Å². The number of phenolic OH excluding ortho intramolecular Hbond substituents is 1. The van der Waals surface area contributed by atoms with E-state index in [1.165, 1.54) is 4.90 Å². The smallest absolute Gasteiger partial charge is 0.258 e. The molecule has 0 bridgehead atoms. The van der Waals surface area contributed by atoms with Crippen molar-refractivity contribution in [3.63, 3.8) is 0 Å². The van der Waals surface area contributed by atoms with Crippen LogP contribution in [0.1, 0.15) is 11.6 Å². The molecule has 2 heterocycles. The van der Waals surface area contributed by atoms with Gasteiger partial charge in [0.1, 0.15) is 11.8 Å². The van der Waals surface area contributed by atoms with E-state index in [2.05, 4.69) is 5.43 Å². The van der Waals surface area contributed by atoms with Gasteiger partial charge in [0.2, 0.25) is 5.91 Å². The molecule has 5 rings (SSSR count). The van der Waals surface area contributed by atoms with Crippen molar-refractivity contribution in [1.82, 2.24) is 5.43 Å². The van der Waals surface area contributed by atoms with Gasteiger partial charge in [0.25, 0.3) is 5.91 Å². The monoisotopic (exact) mass is 385 g/mol. The molecule has 0 radical (unpaired) electrons. The lowest BCUT2D eigenvalue weighted by Gasteiger charge is -2.26. The van der Waals surface area contributed by atoms with Crippen LogP contribution in [-0.4, -0.2) is 23.0 Å². The first-order valence-electron chi connectivity index (χ1n) is 9.47. The fourth-order valence-electron chi connectivity index (χ4n) is 4.20. The minimum atomic E-state index is -0.649. The van der Waals surface area contributed by atoms with Crippen LogP contribution in [0.15, 0.2) is 84.9 Å². The zero-order valence-electron chi connectivity index (χ0n) is 15.5. The maximum atomic E-state index is 13.4. The van der Waals surface area contributed by atoms with Crippen molar-refractivity contribution in [2.24, 2.45) is 5.92 Å². The summed E-state index contributed by atoms with van der Waals surface area (Å²) in [7, 11) is 0. The summed E-state index contributed by atoms with van der Waals surface area (Å²) in [5.74, 6) is -0.894. The third-order valence-corrected chi connectivity index (χ3v) is 5.54. The Morgan fingerprint density at radius 2 is 1.31 bits per heavy atom. The number of carbonyl (C=O) groups is 2. The van der Waals surface area contributed by atoms with Crippen molar-refractivity contribution in [3.05, 3.63) is 90.5 Å². The summed E-state index contributed by atoms with van der Waals surface area (Å²) in [6.45, 7) is 0. The van der Waals surface area contributed by atoms with Crippen LogP contribution in [0.5, 0.6) is 5.75 Å². The van der Waals surface area contributed by atoms with Crippen LogP contribution in [0.4, 0.5) is 11.4 Å². The molecule has 29 heavy (non-hydrogen) atoms. The largest absolute Gasteiger partial charge is 0.508 e. The van der Waals surface area contributed by atoms with Crippen LogP contribution in [-0.2, 0) is 9.59 Å². The highest BCUT2D eigenvalue weighted by atomic mass is 16.3. The van der Waals surface area contributed by atoms with Gasteiger partial charge in [-0.2, -0.15) is 0 Å². The van der Waals surface area contributed by atoms with Crippen LogP contribution in [0.3, 0.4) is 0 Å². The zero-order valence-corrected chi connectivity index (χ0v) is 15.5. The molecule has 2 aliphatic rings. The predicted molar refractivity (Wildman–Crippen MR) is 109 cm³/mol. The zero-order chi connectivity index (χ0) is 20.0. The molecular weight excluding hydrogens is 366 g/mol. The molecule has 6 heteroatoms. The number of benzene rings is 3. The quantitative estimate of drug-likeness (QED) is 0.678. The van der Waals surface area contributed by atoms with Gasteiger partial charge in [0.05, 0.1) is 23.3 Å². The lowest BCUT2D eigenvalue weighted by Crippen LogP contribution is -2.45. The number of phenols is 1. The van der Waals surface area contributed by atoms with Gasteiger partial charge in [-0.15, -0.1) is 0 Å². The van der Waals surface area contributed by atoms with Gasteiger partial charge in [0, 0.05) is 0 Å². The summed E-state index contributed by atoms with van der Waals surface area (Å²) in [6.07, 6.45) is 0. The van der Waals surface area contributed by atoms with E-state index in [1.54, 1.807) is 41.4 Å². The molecule has 6 nitrogen and oxygen atoms in total. The van der Waals surface area contributed by atoms with E-state index in [0.29, 0.717) is 5.69 Å². The average Bonchev–Trinajstić information content (AvgIpc) is 3.27. The number of imide groups is 1. The summed E-state index contributed by atoms with van der Waals surface area (Å²) < 4.78 is 0. The SMILES string of the molecule is O=C1C2C(c3ccc(O)cc3)NN(c3ccccc3)C2C(=O)N1c1ccccc1. The van der Waals surface area contributed by atoms with Crippen molar-refractivity contribution < 1.29 is 14.7 Å². The normalized spacial score (nSPS) is 23.5. The summed E-state index contributed by atoms with van der Waals surface area (Å²) >= 11 is 0. The Morgan fingerprint density at radius 3 is 1.93 bits per heavy atom. The van der Waals surface area contributed by atoms with Gasteiger partial charge in [-0.3, -0.25) is 14.6 Å². The highest BCUT2D eigenvalue weighted by Crippen LogP contribution is 2.43. The van der Waals surface area contributed by atoms with E-state index < -0.39 is 12.0 Å². The lowest BCUT2D eigenvalue weighted by atomic mass is 9.91. The number of carbonyl (C=O) groups excluding carboxylic acids is 2. The van der Waals surface area contributed by atoms with Crippen LogP contribution >= 0.6 is 0 Å². The van der Waals surface area contributed by atoms with Crippen molar-refractivity contribution in [1.29, 1.82) is 0 Å². The Morgan fingerprint density at radius 1 is 0.724 bits per heavy atom. The van der Waals surface area contributed by atoms with Gasteiger partial charge in [0.15, 0.2) is 0 Å². The van der Waals surface area contributed by atoms with Crippen LogP contribution < -0.4 is 15.3 Å². The van der Waals surface area contributed by atoms with Crippen LogP contribution in [0.2, 0.25) is 0 Å². The molecule has 2 fully saturated rings. The Bertz CT molecular complexity index is 1050.